The van der Waals surface area contributed by atoms with Crippen LogP contribution in [0.3, 0.4) is 0 Å². The highest BCUT2D eigenvalue weighted by Crippen LogP contribution is 2.25. The molecule has 1 aromatic heterocycles. The summed E-state index contributed by atoms with van der Waals surface area (Å²) in [7, 11) is 1.79. The van der Waals surface area contributed by atoms with E-state index in [1.54, 1.807) is 13.2 Å². The molecule has 0 aliphatic carbocycles. The molecule has 0 amide bonds. The molecule has 0 saturated carbocycles. The lowest BCUT2D eigenvalue weighted by molar-refractivity contribution is 0.0423. The summed E-state index contributed by atoms with van der Waals surface area (Å²) in [5.74, 6) is -0.268. The van der Waals surface area contributed by atoms with Crippen molar-refractivity contribution in [2.24, 2.45) is 0 Å². The first-order chi connectivity index (χ1) is 11.2. The van der Waals surface area contributed by atoms with Gasteiger partial charge in [0.25, 0.3) is 0 Å². The van der Waals surface area contributed by atoms with E-state index in [2.05, 4.69) is 15.2 Å². The van der Waals surface area contributed by atoms with Gasteiger partial charge in [0, 0.05) is 50.1 Å². The van der Waals surface area contributed by atoms with Crippen LogP contribution in [-0.2, 0) is 4.74 Å². The molecule has 1 aliphatic heterocycles. The Hall–Kier alpha value is -1.72. The minimum atomic E-state index is -0.268. The molecule has 23 heavy (non-hydrogen) atoms. The van der Waals surface area contributed by atoms with Crippen LogP contribution in [0.4, 0.5) is 10.1 Å². The van der Waals surface area contributed by atoms with Crippen LogP contribution in [0, 0.1) is 12.7 Å². The maximum absolute atomic E-state index is 13.9. The largest absolute Gasteiger partial charge is 0.383 e. The molecule has 124 valence electrons. The number of pyridine rings is 1. The number of rotatable bonds is 5. The first-order valence-electron chi connectivity index (χ1n) is 8.22. The van der Waals surface area contributed by atoms with Gasteiger partial charge in [0.05, 0.1) is 6.10 Å². The van der Waals surface area contributed by atoms with Gasteiger partial charge < -0.3 is 15.0 Å². The van der Waals surface area contributed by atoms with Crippen molar-refractivity contribution >= 4 is 16.6 Å². The van der Waals surface area contributed by atoms with E-state index in [4.69, 9.17) is 4.74 Å². The number of likely N-dealkylation sites (tertiary alicyclic amines) is 1. The molecule has 1 saturated heterocycles. The average molecular weight is 317 g/mol. The van der Waals surface area contributed by atoms with Crippen molar-refractivity contribution in [1.29, 1.82) is 0 Å². The summed E-state index contributed by atoms with van der Waals surface area (Å²) in [4.78, 5) is 6.76. The molecule has 5 heteroatoms. The number of nitrogens with zero attached hydrogens (tertiary/aromatic N) is 2. The van der Waals surface area contributed by atoms with Gasteiger partial charge in [-0.05, 0) is 31.9 Å². The van der Waals surface area contributed by atoms with E-state index in [1.807, 2.05) is 19.1 Å². The lowest BCUT2D eigenvalue weighted by atomic mass is 10.1. The maximum atomic E-state index is 13.9. The molecule has 4 nitrogen and oxygen atoms in total. The number of para-hydroxylation sites is 1. The zero-order valence-electron chi connectivity index (χ0n) is 13.8. The van der Waals surface area contributed by atoms with Gasteiger partial charge in [0.15, 0.2) is 0 Å². The van der Waals surface area contributed by atoms with Gasteiger partial charge in [-0.1, -0.05) is 12.1 Å². The van der Waals surface area contributed by atoms with Gasteiger partial charge in [0.1, 0.15) is 11.3 Å². The summed E-state index contributed by atoms with van der Waals surface area (Å²) in [5, 5.41) is 4.29. The number of piperidine rings is 1. The molecular weight excluding hydrogens is 293 g/mol. The van der Waals surface area contributed by atoms with Crippen molar-refractivity contribution in [2.45, 2.75) is 25.9 Å². The van der Waals surface area contributed by atoms with E-state index >= 15 is 0 Å². The molecule has 1 aliphatic rings. The summed E-state index contributed by atoms with van der Waals surface area (Å²) in [6.07, 6.45) is 2.60. The molecule has 1 fully saturated rings. The van der Waals surface area contributed by atoms with Gasteiger partial charge in [0.2, 0.25) is 0 Å². The van der Waals surface area contributed by atoms with E-state index in [9.17, 15) is 4.39 Å². The van der Waals surface area contributed by atoms with Crippen molar-refractivity contribution in [3.05, 3.63) is 35.8 Å². The van der Waals surface area contributed by atoms with Gasteiger partial charge in [-0.2, -0.15) is 0 Å². The summed E-state index contributed by atoms with van der Waals surface area (Å²) in [6, 6.07) is 7.09. The van der Waals surface area contributed by atoms with Crippen LogP contribution >= 0.6 is 0 Å². The van der Waals surface area contributed by atoms with Gasteiger partial charge in [-0.15, -0.1) is 0 Å². The first-order valence-corrected chi connectivity index (χ1v) is 8.22. The predicted octanol–water partition coefficient (Wildman–Crippen LogP) is 3.21. The van der Waals surface area contributed by atoms with Crippen molar-refractivity contribution in [3.8, 4) is 0 Å². The van der Waals surface area contributed by atoms with Crippen molar-refractivity contribution < 1.29 is 9.13 Å². The zero-order valence-corrected chi connectivity index (χ0v) is 13.8. The van der Waals surface area contributed by atoms with Crippen molar-refractivity contribution in [2.75, 3.05) is 38.6 Å². The molecule has 0 spiro atoms. The topological polar surface area (TPSA) is 37.4 Å². The monoisotopic (exact) mass is 317 g/mol. The molecule has 0 radical (unpaired) electrons. The summed E-state index contributed by atoms with van der Waals surface area (Å²) >= 11 is 0. The van der Waals surface area contributed by atoms with E-state index in [-0.39, 0.29) is 5.82 Å². The Balaban J connectivity index is 1.63. The molecular formula is C18H24FN3O. The second-order valence-electron chi connectivity index (χ2n) is 6.15. The number of methoxy groups -OCH3 is 1. The Kier molecular flexibility index (Phi) is 5.08. The Morgan fingerprint density at radius 3 is 2.87 bits per heavy atom. The lowest BCUT2D eigenvalue weighted by Crippen LogP contribution is -2.39. The second-order valence-corrected chi connectivity index (χ2v) is 6.15. The van der Waals surface area contributed by atoms with Crippen LogP contribution in [0.5, 0.6) is 0 Å². The van der Waals surface area contributed by atoms with Crippen LogP contribution in [0.1, 0.15) is 18.5 Å². The molecule has 0 bridgehead atoms. The van der Waals surface area contributed by atoms with Crippen LogP contribution < -0.4 is 5.32 Å². The third-order valence-corrected chi connectivity index (χ3v) is 4.53. The summed E-state index contributed by atoms with van der Waals surface area (Å²) < 4.78 is 19.3. The normalized spacial score (nSPS) is 16.8. The molecule has 2 aromatic rings. The molecule has 1 aromatic carbocycles. The Bertz CT molecular complexity index is 669. The highest BCUT2D eigenvalue weighted by molar-refractivity contribution is 5.91. The maximum Gasteiger partial charge on any atom is 0.149 e. The van der Waals surface area contributed by atoms with E-state index in [0.29, 0.717) is 11.6 Å². The zero-order chi connectivity index (χ0) is 16.2. The highest BCUT2D eigenvalue weighted by Gasteiger charge is 2.18. The third-order valence-electron chi connectivity index (χ3n) is 4.53. The highest BCUT2D eigenvalue weighted by atomic mass is 19.1. The Morgan fingerprint density at radius 1 is 1.35 bits per heavy atom. The third kappa shape index (κ3) is 3.79. The molecule has 0 unspecified atom stereocenters. The fourth-order valence-electron chi connectivity index (χ4n) is 3.21. The van der Waals surface area contributed by atoms with Gasteiger partial charge in [-0.3, -0.25) is 0 Å². The van der Waals surface area contributed by atoms with E-state index < -0.39 is 0 Å². The second kappa shape index (κ2) is 7.23. The Labute approximate surface area is 136 Å². The average Bonchev–Trinajstić information content (AvgIpc) is 2.56. The number of aromatic nitrogens is 1. The quantitative estimate of drug-likeness (QED) is 0.919. The number of benzene rings is 1. The number of ether oxygens (including phenoxy) is 1. The number of nitrogens with one attached hydrogen (secondary N) is 1. The molecule has 3 rings (SSSR count). The summed E-state index contributed by atoms with van der Waals surface area (Å²) in [5.41, 5.74) is 2.22. The van der Waals surface area contributed by atoms with Gasteiger partial charge >= 0.3 is 0 Å². The SMILES string of the molecule is COC1CCN(CCNc2cc(C)nc3c(F)cccc23)CC1. The minimum Gasteiger partial charge on any atom is -0.383 e. The standard InChI is InChI=1S/C18H24FN3O/c1-13-12-17(15-4-3-5-16(19)18(15)21-13)20-8-11-22-9-6-14(23-2)7-10-22/h3-5,12,14H,6-11H2,1-2H3,(H,20,21). The number of anilines is 1. The summed E-state index contributed by atoms with van der Waals surface area (Å²) in [6.45, 7) is 5.86. The number of fused-ring (bicyclic) bond motifs is 1. The Morgan fingerprint density at radius 2 is 2.13 bits per heavy atom. The van der Waals surface area contributed by atoms with Gasteiger partial charge in [-0.25, -0.2) is 9.37 Å². The first kappa shape index (κ1) is 16.1. The number of hydrogen-bond donors (Lipinski definition) is 1. The molecule has 0 atom stereocenters. The minimum absolute atomic E-state index is 0.268. The number of hydrogen-bond acceptors (Lipinski definition) is 4. The smallest absolute Gasteiger partial charge is 0.149 e. The number of halogens is 1. The number of aryl methyl sites for hydroxylation is 1. The van der Waals surface area contributed by atoms with Crippen molar-refractivity contribution in [1.82, 2.24) is 9.88 Å². The van der Waals surface area contributed by atoms with Crippen LogP contribution in [0.2, 0.25) is 0 Å². The molecule has 1 N–H and O–H groups in total. The van der Waals surface area contributed by atoms with Crippen LogP contribution in [0.15, 0.2) is 24.3 Å². The fourth-order valence-corrected chi connectivity index (χ4v) is 3.21. The van der Waals surface area contributed by atoms with E-state index in [1.165, 1.54) is 6.07 Å². The lowest BCUT2D eigenvalue weighted by Gasteiger charge is -2.31. The van der Waals surface area contributed by atoms with Crippen LogP contribution in [-0.4, -0.2) is 49.3 Å². The van der Waals surface area contributed by atoms with E-state index in [0.717, 1.165) is 55.8 Å². The fraction of sp³-hybridized carbons (Fsp3) is 0.500. The van der Waals surface area contributed by atoms with Crippen molar-refractivity contribution in [3.63, 3.8) is 0 Å². The molecule has 2 heterocycles. The van der Waals surface area contributed by atoms with Crippen LogP contribution in [0.25, 0.3) is 10.9 Å². The predicted molar refractivity (Wildman–Crippen MR) is 91.4 cm³/mol.